The van der Waals surface area contributed by atoms with Crippen LogP contribution in [0.1, 0.15) is 24.0 Å². The molecule has 1 aliphatic heterocycles. The van der Waals surface area contributed by atoms with Crippen molar-refractivity contribution in [3.8, 4) is 0 Å². The van der Waals surface area contributed by atoms with Crippen molar-refractivity contribution in [1.82, 2.24) is 10.2 Å². The van der Waals surface area contributed by atoms with Gasteiger partial charge in [0.2, 0.25) is 0 Å². The van der Waals surface area contributed by atoms with Gasteiger partial charge in [-0.05, 0) is 38.1 Å². The van der Waals surface area contributed by atoms with Crippen molar-refractivity contribution in [2.75, 3.05) is 27.3 Å². The zero-order chi connectivity index (χ0) is 12.8. The molecule has 0 atom stereocenters. The summed E-state index contributed by atoms with van der Waals surface area (Å²) in [5.74, 6) is 0. The topological polar surface area (TPSA) is 24.5 Å². The largest absolute Gasteiger partial charge is 0.381 e. The molecule has 1 saturated heterocycles. The van der Waals surface area contributed by atoms with Gasteiger partial charge in [-0.3, -0.25) is 0 Å². The lowest BCUT2D eigenvalue weighted by Crippen LogP contribution is -2.34. The average Bonchev–Trinajstić information content (AvgIpc) is 2.38. The van der Waals surface area contributed by atoms with Gasteiger partial charge in [0, 0.05) is 32.3 Å². The first kappa shape index (κ1) is 13.5. The van der Waals surface area contributed by atoms with Crippen molar-refractivity contribution in [2.24, 2.45) is 0 Å². The molecule has 0 radical (unpaired) electrons. The number of benzene rings is 1. The maximum absolute atomic E-state index is 5.38. The summed E-state index contributed by atoms with van der Waals surface area (Å²) in [6, 6.07) is 9.31. The molecular formula is C15H24N2O. The van der Waals surface area contributed by atoms with E-state index in [0.29, 0.717) is 6.04 Å². The smallest absolute Gasteiger partial charge is 0.0480 e. The molecule has 100 valence electrons. The molecule has 1 fully saturated rings. The van der Waals surface area contributed by atoms with Gasteiger partial charge in [0.1, 0.15) is 0 Å². The van der Waals surface area contributed by atoms with Crippen molar-refractivity contribution in [3.63, 3.8) is 0 Å². The van der Waals surface area contributed by atoms with E-state index in [1.807, 2.05) is 0 Å². The number of nitrogens with zero attached hydrogens (tertiary/aromatic N) is 1. The molecule has 0 aromatic heterocycles. The van der Waals surface area contributed by atoms with Gasteiger partial charge in [-0.25, -0.2) is 0 Å². The lowest BCUT2D eigenvalue weighted by molar-refractivity contribution is 0.0776. The Kier molecular flexibility index (Phi) is 5.17. The van der Waals surface area contributed by atoms with Gasteiger partial charge < -0.3 is 15.0 Å². The maximum Gasteiger partial charge on any atom is 0.0480 e. The molecule has 0 spiro atoms. The zero-order valence-corrected chi connectivity index (χ0v) is 11.5. The summed E-state index contributed by atoms with van der Waals surface area (Å²) >= 11 is 0. The number of hydrogen-bond donors (Lipinski definition) is 1. The second kappa shape index (κ2) is 6.88. The Labute approximate surface area is 110 Å². The highest BCUT2D eigenvalue weighted by molar-refractivity contribution is 5.27. The van der Waals surface area contributed by atoms with Gasteiger partial charge in [0.05, 0.1) is 0 Å². The lowest BCUT2D eigenvalue weighted by Gasteiger charge is -2.24. The molecule has 2 rings (SSSR count). The van der Waals surface area contributed by atoms with Crippen molar-refractivity contribution >= 4 is 0 Å². The Bertz CT molecular complexity index is 359. The predicted octanol–water partition coefficient (Wildman–Crippen LogP) is 2.02. The van der Waals surface area contributed by atoms with Crippen LogP contribution in [-0.4, -0.2) is 38.3 Å². The van der Waals surface area contributed by atoms with Crippen LogP contribution in [-0.2, 0) is 17.8 Å². The molecule has 3 nitrogen and oxygen atoms in total. The average molecular weight is 248 g/mol. The second-order valence-electron chi connectivity index (χ2n) is 5.27. The van der Waals surface area contributed by atoms with E-state index in [4.69, 9.17) is 4.74 Å². The van der Waals surface area contributed by atoms with Crippen LogP contribution >= 0.6 is 0 Å². The highest BCUT2D eigenvalue weighted by atomic mass is 16.5. The van der Waals surface area contributed by atoms with Crippen LogP contribution in [0.2, 0.25) is 0 Å². The Morgan fingerprint density at radius 3 is 2.50 bits per heavy atom. The molecule has 1 heterocycles. The quantitative estimate of drug-likeness (QED) is 0.863. The molecule has 0 aliphatic carbocycles. The summed E-state index contributed by atoms with van der Waals surface area (Å²) in [6.07, 6.45) is 2.27. The molecule has 1 aliphatic rings. The molecule has 0 unspecified atom stereocenters. The number of hydrogen-bond acceptors (Lipinski definition) is 3. The summed E-state index contributed by atoms with van der Waals surface area (Å²) in [6.45, 7) is 3.77. The molecular weight excluding hydrogens is 224 g/mol. The van der Waals surface area contributed by atoms with Crippen molar-refractivity contribution in [2.45, 2.75) is 32.0 Å². The standard InChI is InChI=1S/C15H24N2O/c1-17(2)12-14-6-4-3-5-13(14)11-16-15-7-9-18-10-8-15/h3-6,15-16H,7-12H2,1-2H3. The van der Waals surface area contributed by atoms with Gasteiger partial charge in [0.15, 0.2) is 0 Å². The zero-order valence-electron chi connectivity index (χ0n) is 11.5. The minimum Gasteiger partial charge on any atom is -0.381 e. The van der Waals surface area contributed by atoms with E-state index >= 15 is 0 Å². The summed E-state index contributed by atoms with van der Waals surface area (Å²) in [4.78, 5) is 2.22. The van der Waals surface area contributed by atoms with Crippen molar-refractivity contribution in [3.05, 3.63) is 35.4 Å². The second-order valence-corrected chi connectivity index (χ2v) is 5.27. The van der Waals surface area contributed by atoms with Crippen LogP contribution < -0.4 is 5.32 Å². The number of rotatable bonds is 5. The fourth-order valence-electron chi connectivity index (χ4n) is 2.38. The monoisotopic (exact) mass is 248 g/mol. The lowest BCUT2D eigenvalue weighted by atomic mass is 10.1. The van der Waals surface area contributed by atoms with Gasteiger partial charge in [-0.15, -0.1) is 0 Å². The third-order valence-electron chi connectivity index (χ3n) is 3.41. The minimum absolute atomic E-state index is 0.617. The van der Waals surface area contributed by atoms with Gasteiger partial charge >= 0.3 is 0 Å². The Morgan fingerprint density at radius 2 is 1.83 bits per heavy atom. The first-order chi connectivity index (χ1) is 8.75. The van der Waals surface area contributed by atoms with E-state index in [1.165, 1.54) is 11.1 Å². The van der Waals surface area contributed by atoms with Crippen LogP contribution in [0.3, 0.4) is 0 Å². The highest BCUT2D eigenvalue weighted by Crippen LogP contribution is 2.12. The van der Waals surface area contributed by atoms with Gasteiger partial charge in [-0.1, -0.05) is 24.3 Å². The number of ether oxygens (including phenoxy) is 1. The Hall–Kier alpha value is -0.900. The van der Waals surface area contributed by atoms with Crippen LogP contribution in [0, 0.1) is 0 Å². The fraction of sp³-hybridized carbons (Fsp3) is 0.600. The van der Waals surface area contributed by atoms with Gasteiger partial charge in [0.25, 0.3) is 0 Å². The predicted molar refractivity (Wildman–Crippen MR) is 74.5 cm³/mol. The Balaban J connectivity index is 1.91. The molecule has 18 heavy (non-hydrogen) atoms. The summed E-state index contributed by atoms with van der Waals surface area (Å²) in [5.41, 5.74) is 2.83. The van der Waals surface area contributed by atoms with E-state index in [9.17, 15) is 0 Å². The molecule has 1 N–H and O–H groups in total. The molecule has 0 bridgehead atoms. The summed E-state index contributed by atoms with van der Waals surface area (Å²) < 4.78 is 5.38. The van der Waals surface area contributed by atoms with E-state index in [-0.39, 0.29) is 0 Å². The van der Waals surface area contributed by atoms with E-state index in [1.54, 1.807) is 0 Å². The molecule has 0 saturated carbocycles. The van der Waals surface area contributed by atoms with E-state index < -0.39 is 0 Å². The third-order valence-corrected chi connectivity index (χ3v) is 3.41. The normalized spacial score (nSPS) is 17.3. The van der Waals surface area contributed by atoms with Crippen molar-refractivity contribution < 1.29 is 4.74 Å². The van der Waals surface area contributed by atoms with E-state index in [2.05, 4.69) is 48.6 Å². The van der Waals surface area contributed by atoms with Crippen LogP contribution in [0.4, 0.5) is 0 Å². The van der Waals surface area contributed by atoms with E-state index in [0.717, 1.165) is 39.1 Å². The fourth-order valence-corrected chi connectivity index (χ4v) is 2.38. The Morgan fingerprint density at radius 1 is 1.17 bits per heavy atom. The summed E-state index contributed by atoms with van der Waals surface area (Å²) in [5, 5.41) is 3.65. The van der Waals surface area contributed by atoms with Crippen LogP contribution in [0.15, 0.2) is 24.3 Å². The highest BCUT2D eigenvalue weighted by Gasteiger charge is 2.13. The third kappa shape index (κ3) is 4.09. The minimum atomic E-state index is 0.617. The molecule has 1 aromatic carbocycles. The summed E-state index contributed by atoms with van der Waals surface area (Å²) in [7, 11) is 4.23. The van der Waals surface area contributed by atoms with Crippen molar-refractivity contribution in [1.29, 1.82) is 0 Å². The molecule has 3 heteroatoms. The molecule has 1 aromatic rings. The molecule has 0 amide bonds. The van der Waals surface area contributed by atoms with Crippen LogP contribution in [0.25, 0.3) is 0 Å². The maximum atomic E-state index is 5.38. The van der Waals surface area contributed by atoms with Gasteiger partial charge in [-0.2, -0.15) is 0 Å². The van der Waals surface area contributed by atoms with Crippen LogP contribution in [0.5, 0.6) is 0 Å². The SMILES string of the molecule is CN(C)Cc1ccccc1CNC1CCOCC1. The first-order valence-electron chi connectivity index (χ1n) is 6.78. The number of nitrogens with one attached hydrogen (secondary N) is 1. The first-order valence-corrected chi connectivity index (χ1v) is 6.78.